The first-order chi connectivity index (χ1) is 14.9. The number of carbonyl (C=O) groups is 2. The second kappa shape index (κ2) is 10.4. The van der Waals surface area contributed by atoms with Gasteiger partial charge in [-0.1, -0.05) is 41.4 Å². The number of anilines is 1. The maximum absolute atomic E-state index is 12.0. The second-order valence-corrected chi connectivity index (χ2v) is 7.33. The van der Waals surface area contributed by atoms with Crippen LogP contribution in [-0.4, -0.2) is 17.5 Å². The Morgan fingerprint density at radius 2 is 1.55 bits per heavy atom. The van der Waals surface area contributed by atoms with Crippen molar-refractivity contribution >= 4 is 34.8 Å². The first kappa shape index (κ1) is 22.1. The molecule has 0 spiro atoms. The molecule has 3 aromatic carbocycles. The molecule has 0 aliphatic carbocycles. The zero-order chi connectivity index (χ0) is 22.2. The molecule has 3 aromatic rings. The number of amides is 2. The molecule has 0 radical (unpaired) electrons. The first-order valence-electron chi connectivity index (χ1n) is 9.60. The number of ether oxygens (including phenoxy) is 1. The second-order valence-electron chi connectivity index (χ2n) is 6.90. The highest BCUT2D eigenvalue weighted by molar-refractivity contribution is 6.39. The molecular weight excluding hydrogens is 414 g/mol. The van der Waals surface area contributed by atoms with E-state index >= 15 is 0 Å². The van der Waals surface area contributed by atoms with Gasteiger partial charge in [-0.25, -0.2) is 5.43 Å². The normalized spacial score (nSPS) is 11.0. The lowest BCUT2D eigenvalue weighted by molar-refractivity contribution is -0.136. The standard InChI is InChI=1S/C24H22ClN3O3/c1-16-3-5-18(6-4-16)15-31-22-13-7-19(8-14-22)17(2)27-28-24(30)23(29)26-21-11-9-20(25)10-12-21/h3-14H,15H2,1-2H3,(H,26,29)(H,28,30)/b27-17+. The molecule has 0 bridgehead atoms. The van der Waals surface area contributed by atoms with Crippen molar-refractivity contribution in [1.29, 1.82) is 0 Å². The highest BCUT2D eigenvalue weighted by Gasteiger charge is 2.13. The molecule has 3 rings (SSSR count). The van der Waals surface area contributed by atoms with E-state index in [-0.39, 0.29) is 0 Å². The Morgan fingerprint density at radius 1 is 0.903 bits per heavy atom. The summed E-state index contributed by atoms with van der Waals surface area (Å²) in [6, 6.07) is 21.9. The molecule has 2 amide bonds. The zero-order valence-corrected chi connectivity index (χ0v) is 17.9. The Labute approximate surface area is 185 Å². The Kier molecular flexibility index (Phi) is 7.40. The van der Waals surface area contributed by atoms with E-state index in [1.165, 1.54) is 5.56 Å². The Bertz CT molecular complexity index is 1080. The summed E-state index contributed by atoms with van der Waals surface area (Å²) in [4.78, 5) is 23.9. The van der Waals surface area contributed by atoms with Crippen molar-refractivity contribution < 1.29 is 14.3 Å². The largest absolute Gasteiger partial charge is 0.489 e. The minimum Gasteiger partial charge on any atom is -0.489 e. The van der Waals surface area contributed by atoms with Crippen LogP contribution in [0.1, 0.15) is 23.6 Å². The van der Waals surface area contributed by atoms with Crippen molar-refractivity contribution in [2.45, 2.75) is 20.5 Å². The van der Waals surface area contributed by atoms with Crippen LogP contribution >= 0.6 is 11.6 Å². The number of hydrogen-bond acceptors (Lipinski definition) is 4. The highest BCUT2D eigenvalue weighted by Crippen LogP contribution is 2.15. The number of nitrogens with one attached hydrogen (secondary N) is 2. The van der Waals surface area contributed by atoms with Crippen molar-refractivity contribution in [3.8, 4) is 5.75 Å². The van der Waals surface area contributed by atoms with Gasteiger partial charge in [-0.3, -0.25) is 9.59 Å². The number of aryl methyl sites for hydroxylation is 1. The molecule has 0 saturated carbocycles. The van der Waals surface area contributed by atoms with Crippen LogP contribution in [0.2, 0.25) is 5.02 Å². The third-order valence-electron chi connectivity index (χ3n) is 4.43. The molecule has 2 N–H and O–H groups in total. The van der Waals surface area contributed by atoms with E-state index in [4.69, 9.17) is 16.3 Å². The third kappa shape index (κ3) is 6.69. The van der Waals surface area contributed by atoms with E-state index in [2.05, 4.69) is 15.8 Å². The van der Waals surface area contributed by atoms with Crippen LogP contribution in [0.4, 0.5) is 5.69 Å². The number of carbonyl (C=O) groups excluding carboxylic acids is 2. The Hall–Kier alpha value is -3.64. The molecule has 158 valence electrons. The quantitative estimate of drug-likeness (QED) is 0.334. The summed E-state index contributed by atoms with van der Waals surface area (Å²) < 4.78 is 5.79. The molecule has 0 aliphatic rings. The molecular formula is C24H22ClN3O3. The van der Waals surface area contributed by atoms with Gasteiger partial charge in [-0.2, -0.15) is 5.10 Å². The van der Waals surface area contributed by atoms with Crippen molar-refractivity contribution in [3.63, 3.8) is 0 Å². The fourth-order valence-electron chi connectivity index (χ4n) is 2.61. The summed E-state index contributed by atoms with van der Waals surface area (Å²) in [5, 5.41) is 7.01. The van der Waals surface area contributed by atoms with Crippen LogP contribution in [0, 0.1) is 6.92 Å². The van der Waals surface area contributed by atoms with E-state index in [0.29, 0.717) is 23.0 Å². The smallest absolute Gasteiger partial charge is 0.329 e. The number of hydrazone groups is 1. The molecule has 7 heteroatoms. The maximum Gasteiger partial charge on any atom is 0.329 e. The van der Waals surface area contributed by atoms with E-state index in [1.807, 2.05) is 55.5 Å². The van der Waals surface area contributed by atoms with Gasteiger partial charge in [0.2, 0.25) is 0 Å². The summed E-state index contributed by atoms with van der Waals surface area (Å²) >= 11 is 5.80. The lowest BCUT2D eigenvalue weighted by Crippen LogP contribution is -2.32. The van der Waals surface area contributed by atoms with Gasteiger partial charge in [0.15, 0.2) is 0 Å². The number of rotatable bonds is 6. The lowest BCUT2D eigenvalue weighted by atomic mass is 10.1. The molecule has 0 heterocycles. The van der Waals surface area contributed by atoms with Crippen LogP contribution in [0.5, 0.6) is 5.75 Å². The van der Waals surface area contributed by atoms with Crippen LogP contribution in [0.3, 0.4) is 0 Å². The highest BCUT2D eigenvalue weighted by atomic mass is 35.5. The number of halogens is 1. The lowest BCUT2D eigenvalue weighted by Gasteiger charge is -2.08. The minimum absolute atomic E-state index is 0.464. The fraction of sp³-hybridized carbons (Fsp3) is 0.125. The fourth-order valence-corrected chi connectivity index (χ4v) is 2.74. The van der Waals surface area contributed by atoms with Crippen LogP contribution in [-0.2, 0) is 16.2 Å². The topological polar surface area (TPSA) is 79.8 Å². The number of benzene rings is 3. The van der Waals surface area contributed by atoms with Crippen molar-refractivity contribution in [2.24, 2.45) is 5.10 Å². The van der Waals surface area contributed by atoms with Gasteiger partial charge in [0.05, 0.1) is 5.71 Å². The van der Waals surface area contributed by atoms with Crippen LogP contribution in [0.15, 0.2) is 77.9 Å². The number of nitrogens with zero attached hydrogens (tertiary/aromatic N) is 1. The Balaban J connectivity index is 1.52. The predicted octanol–water partition coefficient (Wildman–Crippen LogP) is 4.71. The zero-order valence-electron chi connectivity index (χ0n) is 17.2. The van der Waals surface area contributed by atoms with Crippen LogP contribution in [0.25, 0.3) is 0 Å². The van der Waals surface area contributed by atoms with Gasteiger partial charge in [0, 0.05) is 10.7 Å². The van der Waals surface area contributed by atoms with E-state index in [1.54, 1.807) is 31.2 Å². The molecule has 0 atom stereocenters. The molecule has 0 aromatic heterocycles. The minimum atomic E-state index is -0.868. The summed E-state index contributed by atoms with van der Waals surface area (Å²) in [5.41, 5.74) is 6.36. The van der Waals surface area contributed by atoms with Gasteiger partial charge >= 0.3 is 11.8 Å². The van der Waals surface area contributed by atoms with Crippen LogP contribution < -0.4 is 15.5 Å². The average Bonchev–Trinajstić information content (AvgIpc) is 2.78. The van der Waals surface area contributed by atoms with Gasteiger partial charge < -0.3 is 10.1 Å². The third-order valence-corrected chi connectivity index (χ3v) is 4.68. The van der Waals surface area contributed by atoms with Gasteiger partial charge in [0.25, 0.3) is 0 Å². The van der Waals surface area contributed by atoms with Gasteiger partial charge in [0.1, 0.15) is 12.4 Å². The number of hydrogen-bond donors (Lipinski definition) is 2. The van der Waals surface area contributed by atoms with E-state index < -0.39 is 11.8 Å². The molecule has 31 heavy (non-hydrogen) atoms. The average molecular weight is 436 g/mol. The van der Waals surface area contributed by atoms with E-state index in [0.717, 1.165) is 16.9 Å². The Morgan fingerprint density at radius 3 is 2.19 bits per heavy atom. The molecule has 0 unspecified atom stereocenters. The van der Waals surface area contributed by atoms with Gasteiger partial charge in [-0.05, 0) is 73.5 Å². The summed E-state index contributed by atoms with van der Waals surface area (Å²) in [5.74, 6) is -0.963. The molecule has 6 nitrogen and oxygen atoms in total. The SMILES string of the molecule is C/C(=N\NC(=O)C(=O)Nc1ccc(Cl)cc1)c1ccc(OCc2ccc(C)cc2)cc1. The molecule has 0 aliphatic heterocycles. The predicted molar refractivity (Wildman–Crippen MR) is 122 cm³/mol. The summed E-state index contributed by atoms with van der Waals surface area (Å²) in [7, 11) is 0. The molecule has 0 fully saturated rings. The van der Waals surface area contributed by atoms with Crippen molar-refractivity contribution in [1.82, 2.24) is 5.43 Å². The van der Waals surface area contributed by atoms with Gasteiger partial charge in [-0.15, -0.1) is 0 Å². The van der Waals surface area contributed by atoms with Crippen molar-refractivity contribution in [2.75, 3.05) is 5.32 Å². The summed E-state index contributed by atoms with van der Waals surface area (Å²) in [6.07, 6.45) is 0. The van der Waals surface area contributed by atoms with E-state index in [9.17, 15) is 9.59 Å². The van der Waals surface area contributed by atoms with Crippen molar-refractivity contribution in [3.05, 3.63) is 94.5 Å². The first-order valence-corrected chi connectivity index (χ1v) is 9.98. The maximum atomic E-state index is 12.0. The summed E-state index contributed by atoms with van der Waals surface area (Å²) in [6.45, 7) is 4.26. The molecule has 0 saturated heterocycles. The monoisotopic (exact) mass is 435 g/mol.